The van der Waals surface area contributed by atoms with Crippen LogP contribution in [0.1, 0.15) is 32.9 Å². The number of benzene rings is 2. The van der Waals surface area contributed by atoms with Crippen LogP contribution in [0.15, 0.2) is 54.6 Å². The molecule has 0 aliphatic heterocycles. The molecule has 1 heterocycles. The van der Waals surface area contributed by atoms with Crippen LogP contribution in [-0.2, 0) is 13.7 Å². The molecular formula is C22H21FN2O2. The van der Waals surface area contributed by atoms with E-state index in [9.17, 15) is 9.18 Å². The van der Waals surface area contributed by atoms with Crippen molar-refractivity contribution in [3.05, 3.63) is 88.5 Å². The summed E-state index contributed by atoms with van der Waals surface area (Å²) >= 11 is 0. The van der Waals surface area contributed by atoms with Crippen LogP contribution < -0.4 is 4.74 Å². The Morgan fingerprint density at radius 1 is 1.15 bits per heavy atom. The van der Waals surface area contributed by atoms with E-state index in [0.717, 1.165) is 17.0 Å². The molecule has 0 radical (unpaired) electrons. The standard InChI is InChI=1S/C22H21FN2O2/c1-15-22(16(2)25(3)24-15)21(26)13-10-17-8-11-19(12-9-17)27-14-18-6-4-5-7-20(18)23/h4-13H,14H2,1-3H3/b13-10+. The van der Waals surface area contributed by atoms with Crippen molar-refractivity contribution in [2.24, 2.45) is 7.05 Å². The molecule has 0 aliphatic rings. The van der Waals surface area contributed by atoms with E-state index < -0.39 is 0 Å². The van der Waals surface area contributed by atoms with Gasteiger partial charge in [-0.1, -0.05) is 36.4 Å². The molecule has 0 bridgehead atoms. The van der Waals surface area contributed by atoms with Crippen molar-refractivity contribution in [3.8, 4) is 5.75 Å². The lowest BCUT2D eigenvalue weighted by molar-refractivity contribution is 0.104. The van der Waals surface area contributed by atoms with Gasteiger partial charge in [-0.3, -0.25) is 9.48 Å². The molecule has 2 aromatic carbocycles. The topological polar surface area (TPSA) is 44.1 Å². The molecular weight excluding hydrogens is 343 g/mol. The molecule has 1 aromatic heterocycles. The highest BCUT2D eigenvalue weighted by Crippen LogP contribution is 2.18. The van der Waals surface area contributed by atoms with E-state index in [1.54, 1.807) is 47.2 Å². The zero-order valence-electron chi connectivity index (χ0n) is 15.6. The normalized spacial score (nSPS) is 11.1. The molecule has 0 unspecified atom stereocenters. The predicted octanol–water partition coefficient (Wildman–Crippen LogP) is 4.65. The Morgan fingerprint density at radius 2 is 1.85 bits per heavy atom. The number of aryl methyl sites for hydroxylation is 2. The number of allylic oxidation sites excluding steroid dienone is 1. The van der Waals surface area contributed by atoms with Crippen LogP contribution in [-0.4, -0.2) is 15.6 Å². The number of hydrogen-bond acceptors (Lipinski definition) is 3. The summed E-state index contributed by atoms with van der Waals surface area (Å²) in [6.45, 7) is 3.87. The second-order valence-corrected chi connectivity index (χ2v) is 6.32. The van der Waals surface area contributed by atoms with Gasteiger partial charge in [0.2, 0.25) is 0 Å². The Kier molecular flexibility index (Phi) is 5.50. The Morgan fingerprint density at radius 3 is 2.48 bits per heavy atom. The van der Waals surface area contributed by atoms with Crippen molar-refractivity contribution in [1.29, 1.82) is 0 Å². The number of nitrogens with zero attached hydrogens (tertiary/aromatic N) is 2. The van der Waals surface area contributed by atoms with Crippen molar-refractivity contribution in [2.45, 2.75) is 20.5 Å². The number of ether oxygens (including phenoxy) is 1. The van der Waals surface area contributed by atoms with Crippen LogP contribution >= 0.6 is 0 Å². The second-order valence-electron chi connectivity index (χ2n) is 6.32. The van der Waals surface area contributed by atoms with Gasteiger partial charge in [0.25, 0.3) is 0 Å². The highest BCUT2D eigenvalue weighted by Gasteiger charge is 2.14. The molecule has 0 N–H and O–H groups in total. The highest BCUT2D eigenvalue weighted by molar-refractivity contribution is 6.08. The van der Waals surface area contributed by atoms with Crippen LogP contribution in [0.4, 0.5) is 4.39 Å². The van der Waals surface area contributed by atoms with Gasteiger partial charge < -0.3 is 4.74 Å². The molecule has 5 heteroatoms. The smallest absolute Gasteiger partial charge is 0.189 e. The van der Waals surface area contributed by atoms with Crippen molar-refractivity contribution in [2.75, 3.05) is 0 Å². The van der Waals surface area contributed by atoms with E-state index in [4.69, 9.17) is 4.74 Å². The molecule has 0 saturated carbocycles. The third kappa shape index (κ3) is 4.31. The van der Waals surface area contributed by atoms with Gasteiger partial charge in [0, 0.05) is 18.3 Å². The lowest BCUT2D eigenvalue weighted by Gasteiger charge is -2.07. The van der Waals surface area contributed by atoms with Gasteiger partial charge in [-0.2, -0.15) is 5.10 Å². The first-order chi connectivity index (χ1) is 13.0. The van der Waals surface area contributed by atoms with Gasteiger partial charge in [0.1, 0.15) is 18.2 Å². The third-order valence-electron chi connectivity index (χ3n) is 4.41. The summed E-state index contributed by atoms with van der Waals surface area (Å²) in [6, 6.07) is 13.8. The number of rotatable bonds is 6. The maximum atomic E-state index is 13.6. The van der Waals surface area contributed by atoms with Crippen LogP contribution in [0.25, 0.3) is 6.08 Å². The number of halogens is 1. The number of carbonyl (C=O) groups is 1. The molecule has 0 amide bonds. The Bertz CT molecular complexity index is 988. The Balaban J connectivity index is 1.64. The monoisotopic (exact) mass is 364 g/mol. The van der Waals surface area contributed by atoms with E-state index in [-0.39, 0.29) is 18.2 Å². The van der Waals surface area contributed by atoms with Gasteiger partial charge in [-0.05, 0) is 43.7 Å². The Labute approximate surface area is 157 Å². The molecule has 3 rings (SSSR count). The molecule has 27 heavy (non-hydrogen) atoms. The zero-order chi connectivity index (χ0) is 19.4. The van der Waals surface area contributed by atoms with Crippen LogP contribution in [0.3, 0.4) is 0 Å². The van der Waals surface area contributed by atoms with Crippen molar-refractivity contribution in [3.63, 3.8) is 0 Å². The van der Waals surface area contributed by atoms with Crippen molar-refractivity contribution in [1.82, 2.24) is 9.78 Å². The molecule has 0 aliphatic carbocycles. The summed E-state index contributed by atoms with van der Waals surface area (Å²) in [4.78, 5) is 12.4. The lowest BCUT2D eigenvalue weighted by atomic mass is 10.1. The number of ketones is 1. The molecule has 0 fully saturated rings. The maximum Gasteiger partial charge on any atom is 0.189 e. The lowest BCUT2D eigenvalue weighted by Crippen LogP contribution is -1.99. The summed E-state index contributed by atoms with van der Waals surface area (Å²) in [5.74, 6) is 0.287. The highest BCUT2D eigenvalue weighted by atomic mass is 19.1. The molecule has 4 nitrogen and oxygen atoms in total. The average molecular weight is 364 g/mol. The van der Waals surface area contributed by atoms with Crippen molar-refractivity contribution >= 4 is 11.9 Å². The zero-order valence-corrected chi connectivity index (χ0v) is 15.6. The minimum Gasteiger partial charge on any atom is -0.489 e. The van der Waals surface area contributed by atoms with E-state index >= 15 is 0 Å². The minimum absolute atomic E-state index is 0.0713. The minimum atomic E-state index is -0.281. The van der Waals surface area contributed by atoms with Gasteiger partial charge in [0.05, 0.1) is 11.3 Å². The largest absolute Gasteiger partial charge is 0.489 e. The van der Waals surface area contributed by atoms with Crippen LogP contribution in [0.2, 0.25) is 0 Å². The fraction of sp³-hybridized carbons (Fsp3) is 0.182. The molecule has 138 valence electrons. The fourth-order valence-corrected chi connectivity index (χ4v) is 2.84. The second kappa shape index (κ2) is 7.99. The summed E-state index contributed by atoms with van der Waals surface area (Å²) in [7, 11) is 1.82. The van der Waals surface area contributed by atoms with Crippen LogP contribution in [0.5, 0.6) is 5.75 Å². The Hall–Kier alpha value is -3.21. The predicted molar refractivity (Wildman–Crippen MR) is 103 cm³/mol. The van der Waals surface area contributed by atoms with Gasteiger partial charge in [0.15, 0.2) is 5.78 Å². The van der Waals surface area contributed by atoms with E-state index in [1.807, 2.05) is 33.0 Å². The number of carbonyl (C=O) groups excluding carboxylic acids is 1. The first kappa shape index (κ1) is 18.6. The molecule has 0 atom stereocenters. The summed E-state index contributed by atoms with van der Waals surface area (Å²) in [6.07, 6.45) is 3.31. The van der Waals surface area contributed by atoms with E-state index in [2.05, 4.69) is 5.10 Å². The van der Waals surface area contributed by atoms with Crippen LogP contribution in [0, 0.1) is 19.7 Å². The van der Waals surface area contributed by atoms with Gasteiger partial charge in [-0.25, -0.2) is 4.39 Å². The van der Waals surface area contributed by atoms with Gasteiger partial charge in [-0.15, -0.1) is 0 Å². The number of aromatic nitrogens is 2. The van der Waals surface area contributed by atoms with E-state index in [1.165, 1.54) is 6.07 Å². The first-order valence-corrected chi connectivity index (χ1v) is 8.64. The summed E-state index contributed by atoms with van der Waals surface area (Å²) < 4.78 is 20.9. The first-order valence-electron chi connectivity index (χ1n) is 8.64. The molecule has 0 saturated heterocycles. The van der Waals surface area contributed by atoms with E-state index in [0.29, 0.717) is 16.9 Å². The molecule has 3 aromatic rings. The quantitative estimate of drug-likeness (QED) is 0.472. The third-order valence-corrected chi connectivity index (χ3v) is 4.41. The summed E-state index contributed by atoms with van der Waals surface area (Å²) in [5, 5.41) is 4.27. The fourth-order valence-electron chi connectivity index (χ4n) is 2.84. The maximum absolute atomic E-state index is 13.6. The average Bonchev–Trinajstić information content (AvgIpc) is 2.92. The number of hydrogen-bond donors (Lipinski definition) is 0. The molecule has 0 spiro atoms. The summed E-state index contributed by atoms with van der Waals surface area (Å²) in [5.41, 5.74) is 3.59. The van der Waals surface area contributed by atoms with Gasteiger partial charge >= 0.3 is 0 Å². The van der Waals surface area contributed by atoms with Crippen molar-refractivity contribution < 1.29 is 13.9 Å². The SMILES string of the molecule is Cc1nn(C)c(C)c1C(=O)/C=C/c1ccc(OCc2ccccc2F)cc1.